The zero-order valence-corrected chi connectivity index (χ0v) is 13.4. The van der Waals surface area contributed by atoms with Gasteiger partial charge in [-0.15, -0.1) is 0 Å². The van der Waals surface area contributed by atoms with Crippen molar-refractivity contribution in [3.05, 3.63) is 0 Å². The summed E-state index contributed by atoms with van der Waals surface area (Å²) < 4.78 is 0. The Kier molecular flexibility index (Phi) is 4.50. The van der Waals surface area contributed by atoms with E-state index in [2.05, 4.69) is 11.8 Å². The van der Waals surface area contributed by atoms with Crippen LogP contribution in [0.5, 0.6) is 0 Å². The van der Waals surface area contributed by atoms with Gasteiger partial charge in [-0.05, 0) is 44.4 Å². The predicted octanol–water partition coefficient (Wildman–Crippen LogP) is 2.10. The fraction of sp³-hybridized carbons (Fsp3) is 0.824. The molecule has 0 unspecified atom stereocenters. The van der Waals surface area contributed by atoms with Crippen molar-refractivity contribution in [3.8, 4) is 0 Å². The first-order valence-electron chi connectivity index (χ1n) is 8.70. The van der Waals surface area contributed by atoms with Crippen LogP contribution in [-0.2, 0) is 14.4 Å². The molecular weight excluding hydrogens is 280 g/mol. The van der Waals surface area contributed by atoms with Gasteiger partial charge in [0.1, 0.15) is 0 Å². The lowest BCUT2D eigenvalue weighted by atomic mass is 9.86. The van der Waals surface area contributed by atoms with E-state index >= 15 is 0 Å². The van der Waals surface area contributed by atoms with Crippen LogP contribution in [0.1, 0.15) is 64.7 Å². The molecule has 0 aromatic heterocycles. The Hall–Kier alpha value is -1.39. The van der Waals surface area contributed by atoms with Crippen LogP contribution < -0.4 is 0 Å². The van der Waals surface area contributed by atoms with Gasteiger partial charge >= 0.3 is 0 Å². The smallest absolute Gasteiger partial charge is 0.229 e. The van der Waals surface area contributed by atoms with E-state index in [1.54, 1.807) is 0 Å². The molecule has 0 aromatic carbocycles. The number of carbonyl (C=O) groups is 3. The van der Waals surface area contributed by atoms with Crippen LogP contribution in [0.2, 0.25) is 0 Å². The van der Waals surface area contributed by atoms with Gasteiger partial charge in [0.2, 0.25) is 17.7 Å². The number of amides is 3. The minimum Gasteiger partial charge on any atom is -0.337 e. The highest BCUT2D eigenvalue weighted by molar-refractivity contribution is 6.02. The molecule has 2 aliphatic carbocycles. The van der Waals surface area contributed by atoms with E-state index in [1.807, 2.05) is 0 Å². The molecule has 5 heteroatoms. The SMILES string of the molecule is CC1CCC(N(C(=O)CCN2C(=O)CCC2=O)C2CC2)CC1. The van der Waals surface area contributed by atoms with E-state index in [-0.39, 0.29) is 24.3 Å². The molecule has 3 rings (SSSR count). The lowest BCUT2D eigenvalue weighted by molar-refractivity contribution is -0.140. The van der Waals surface area contributed by atoms with Gasteiger partial charge in [0.15, 0.2) is 0 Å². The lowest BCUT2D eigenvalue weighted by Crippen LogP contribution is -2.45. The molecule has 122 valence electrons. The second kappa shape index (κ2) is 6.39. The lowest BCUT2D eigenvalue weighted by Gasteiger charge is -2.36. The Morgan fingerprint density at radius 1 is 1.00 bits per heavy atom. The molecule has 3 fully saturated rings. The summed E-state index contributed by atoms with van der Waals surface area (Å²) in [5.74, 6) is 0.659. The number of likely N-dealkylation sites (tertiary alicyclic amines) is 1. The maximum Gasteiger partial charge on any atom is 0.229 e. The van der Waals surface area contributed by atoms with Gasteiger partial charge in [0.05, 0.1) is 0 Å². The molecule has 1 saturated heterocycles. The summed E-state index contributed by atoms with van der Waals surface area (Å²) in [7, 11) is 0. The number of carbonyl (C=O) groups excluding carboxylic acids is 3. The third-order valence-electron chi connectivity index (χ3n) is 5.31. The van der Waals surface area contributed by atoms with Crippen LogP contribution in [0.15, 0.2) is 0 Å². The van der Waals surface area contributed by atoms with Gasteiger partial charge < -0.3 is 4.90 Å². The van der Waals surface area contributed by atoms with Crippen LogP contribution in [0, 0.1) is 5.92 Å². The molecule has 0 bridgehead atoms. The van der Waals surface area contributed by atoms with Crippen molar-refractivity contribution in [2.24, 2.45) is 5.92 Å². The van der Waals surface area contributed by atoms with Crippen LogP contribution in [0.25, 0.3) is 0 Å². The molecule has 0 N–H and O–H groups in total. The van der Waals surface area contributed by atoms with Gasteiger partial charge in [-0.1, -0.05) is 6.92 Å². The third-order valence-corrected chi connectivity index (χ3v) is 5.31. The molecule has 0 aromatic rings. The number of nitrogens with zero attached hydrogens (tertiary/aromatic N) is 2. The Morgan fingerprint density at radius 3 is 2.00 bits per heavy atom. The Bertz CT molecular complexity index is 449. The Balaban J connectivity index is 1.56. The first kappa shape index (κ1) is 15.5. The van der Waals surface area contributed by atoms with Crippen LogP contribution in [0.4, 0.5) is 0 Å². The predicted molar refractivity (Wildman–Crippen MR) is 81.9 cm³/mol. The molecule has 3 amide bonds. The summed E-state index contributed by atoms with van der Waals surface area (Å²) in [5.41, 5.74) is 0. The van der Waals surface area contributed by atoms with Gasteiger partial charge in [-0.3, -0.25) is 19.3 Å². The highest BCUT2D eigenvalue weighted by Gasteiger charge is 2.38. The molecule has 0 radical (unpaired) electrons. The Labute approximate surface area is 132 Å². The zero-order valence-electron chi connectivity index (χ0n) is 13.4. The van der Waals surface area contributed by atoms with Gasteiger partial charge in [-0.25, -0.2) is 0 Å². The van der Waals surface area contributed by atoms with Crippen molar-refractivity contribution in [3.63, 3.8) is 0 Å². The average molecular weight is 306 g/mol. The Morgan fingerprint density at radius 2 is 1.50 bits per heavy atom. The van der Waals surface area contributed by atoms with Crippen LogP contribution in [0.3, 0.4) is 0 Å². The molecule has 1 heterocycles. The van der Waals surface area contributed by atoms with Gasteiger partial charge in [0, 0.05) is 37.9 Å². The molecule has 2 saturated carbocycles. The van der Waals surface area contributed by atoms with Crippen molar-refractivity contribution in [2.45, 2.75) is 76.8 Å². The third kappa shape index (κ3) is 3.33. The number of rotatable bonds is 5. The van der Waals surface area contributed by atoms with Crippen LogP contribution >= 0.6 is 0 Å². The summed E-state index contributed by atoms with van der Waals surface area (Å²) in [4.78, 5) is 39.3. The summed E-state index contributed by atoms with van der Waals surface area (Å²) in [6.07, 6.45) is 7.73. The average Bonchev–Trinajstić information content (AvgIpc) is 3.27. The molecular formula is C17H26N2O3. The molecule has 0 atom stereocenters. The van der Waals surface area contributed by atoms with Crippen molar-refractivity contribution >= 4 is 17.7 Å². The first-order valence-corrected chi connectivity index (χ1v) is 8.70. The summed E-state index contributed by atoms with van der Waals surface area (Å²) >= 11 is 0. The summed E-state index contributed by atoms with van der Waals surface area (Å²) in [5, 5.41) is 0. The highest BCUT2D eigenvalue weighted by atomic mass is 16.2. The van der Waals surface area contributed by atoms with Crippen LogP contribution in [-0.4, -0.2) is 46.1 Å². The van der Waals surface area contributed by atoms with Crippen molar-refractivity contribution < 1.29 is 14.4 Å². The van der Waals surface area contributed by atoms with E-state index < -0.39 is 0 Å². The maximum absolute atomic E-state index is 12.7. The van der Waals surface area contributed by atoms with E-state index in [9.17, 15) is 14.4 Å². The minimum atomic E-state index is -0.123. The molecule has 0 spiro atoms. The second-order valence-electron chi connectivity index (χ2n) is 7.13. The fourth-order valence-electron chi connectivity index (χ4n) is 3.79. The van der Waals surface area contributed by atoms with Crippen molar-refractivity contribution in [1.29, 1.82) is 0 Å². The van der Waals surface area contributed by atoms with E-state index in [0.29, 0.717) is 31.3 Å². The number of hydrogen-bond donors (Lipinski definition) is 0. The molecule has 5 nitrogen and oxygen atoms in total. The van der Waals surface area contributed by atoms with Gasteiger partial charge in [-0.2, -0.15) is 0 Å². The van der Waals surface area contributed by atoms with E-state index in [4.69, 9.17) is 0 Å². The number of hydrogen-bond acceptors (Lipinski definition) is 3. The standard InChI is InChI=1S/C17H26N2O3/c1-12-2-4-13(5-3-12)19(14-6-7-14)17(22)10-11-18-15(20)8-9-16(18)21/h12-14H,2-11H2,1H3. The molecule has 3 aliphatic rings. The second-order valence-corrected chi connectivity index (χ2v) is 7.13. The number of imide groups is 1. The van der Waals surface area contributed by atoms with E-state index in [0.717, 1.165) is 31.6 Å². The van der Waals surface area contributed by atoms with Crippen molar-refractivity contribution in [2.75, 3.05) is 6.54 Å². The van der Waals surface area contributed by atoms with Gasteiger partial charge in [0.25, 0.3) is 0 Å². The maximum atomic E-state index is 12.7. The first-order chi connectivity index (χ1) is 10.6. The normalized spacial score (nSPS) is 29.0. The minimum absolute atomic E-state index is 0.123. The van der Waals surface area contributed by atoms with Crippen molar-refractivity contribution in [1.82, 2.24) is 9.80 Å². The largest absolute Gasteiger partial charge is 0.337 e. The molecule has 1 aliphatic heterocycles. The highest BCUT2D eigenvalue weighted by Crippen LogP contribution is 2.35. The quantitative estimate of drug-likeness (QED) is 0.731. The summed E-state index contributed by atoms with van der Waals surface area (Å²) in [6, 6.07) is 0.789. The summed E-state index contributed by atoms with van der Waals surface area (Å²) in [6.45, 7) is 2.55. The van der Waals surface area contributed by atoms with E-state index in [1.165, 1.54) is 17.7 Å². The topological polar surface area (TPSA) is 57.7 Å². The fourth-order valence-corrected chi connectivity index (χ4v) is 3.79. The molecule has 22 heavy (non-hydrogen) atoms. The monoisotopic (exact) mass is 306 g/mol. The zero-order chi connectivity index (χ0) is 15.7.